The fraction of sp³-hybridized carbons (Fsp3) is 0.125. The SMILES string of the molecule is Cc1cc2c(c(=O)o1)C1(C(=O)Nc3ccccc31)C([N+](=O)[O-])=C(N)O2. The predicted molar refractivity (Wildman–Crippen MR) is 84.4 cm³/mol. The van der Waals surface area contributed by atoms with Crippen LogP contribution in [0.3, 0.4) is 0 Å². The van der Waals surface area contributed by atoms with Gasteiger partial charge in [-0.15, -0.1) is 0 Å². The third-order valence-corrected chi connectivity index (χ3v) is 4.32. The molecular formula is C16H11N3O6. The molecule has 0 fully saturated rings. The lowest BCUT2D eigenvalue weighted by molar-refractivity contribution is -0.436. The van der Waals surface area contributed by atoms with Crippen molar-refractivity contribution in [3.63, 3.8) is 0 Å². The number of hydrogen-bond donors (Lipinski definition) is 2. The lowest BCUT2D eigenvalue weighted by Crippen LogP contribution is -2.48. The molecular weight excluding hydrogens is 330 g/mol. The van der Waals surface area contributed by atoms with Crippen LogP contribution in [0, 0.1) is 17.0 Å². The summed E-state index contributed by atoms with van der Waals surface area (Å²) in [5.74, 6) is -1.12. The number of carbonyl (C=O) groups excluding carboxylic acids is 1. The molecule has 0 radical (unpaired) electrons. The molecule has 3 heterocycles. The summed E-state index contributed by atoms with van der Waals surface area (Å²) in [6.45, 7) is 1.52. The number of para-hydroxylation sites is 1. The van der Waals surface area contributed by atoms with Crippen LogP contribution in [0.15, 0.2) is 51.1 Å². The molecule has 0 saturated carbocycles. The molecule has 4 rings (SSSR count). The number of fused-ring (bicyclic) bond motifs is 4. The first-order valence-electron chi connectivity index (χ1n) is 7.26. The van der Waals surface area contributed by atoms with Crippen LogP contribution in [-0.4, -0.2) is 10.8 Å². The monoisotopic (exact) mass is 341 g/mol. The van der Waals surface area contributed by atoms with E-state index in [-0.39, 0.29) is 22.6 Å². The van der Waals surface area contributed by atoms with E-state index in [1.165, 1.54) is 19.1 Å². The average molecular weight is 341 g/mol. The Bertz CT molecular complexity index is 1050. The zero-order valence-electron chi connectivity index (χ0n) is 12.9. The van der Waals surface area contributed by atoms with Crippen molar-refractivity contribution in [2.75, 3.05) is 5.32 Å². The average Bonchev–Trinajstić information content (AvgIpc) is 2.79. The number of nitrogens with one attached hydrogen (secondary N) is 1. The highest BCUT2D eigenvalue weighted by Crippen LogP contribution is 2.52. The van der Waals surface area contributed by atoms with Gasteiger partial charge < -0.3 is 20.2 Å². The highest BCUT2D eigenvalue weighted by atomic mass is 16.6. The van der Waals surface area contributed by atoms with E-state index in [4.69, 9.17) is 14.9 Å². The Kier molecular flexibility index (Phi) is 2.81. The summed E-state index contributed by atoms with van der Waals surface area (Å²) in [6, 6.07) is 7.75. The van der Waals surface area contributed by atoms with Crippen LogP contribution < -0.4 is 21.4 Å². The second-order valence-electron chi connectivity index (χ2n) is 5.71. The quantitative estimate of drug-likeness (QED) is 0.582. The molecule has 2 aliphatic rings. The van der Waals surface area contributed by atoms with Crippen LogP contribution in [-0.2, 0) is 10.2 Å². The van der Waals surface area contributed by atoms with Gasteiger partial charge in [0.1, 0.15) is 17.1 Å². The summed E-state index contributed by atoms with van der Waals surface area (Å²) in [7, 11) is 0. The van der Waals surface area contributed by atoms with Crippen LogP contribution in [0.25, 0.3) is 0 Å². The Morgan fingerprint density at radius 3 is 2.72 bits per heavy atom. The van der Waals surface area contributed by atoms with Crippen molar-refractivity contribution in [1.29, 1.82) is 0 Å². The maximum atomic E-state index is 12.9. The van der Waals surface area contributed by atoms with Gasteiger partial charge in [0, 0.05) is 17.3 Å². The molecule has 25 heavy (non-hydrogen) atoms. The Morgan fingerprint density at radius 1 is 1.28 bits per heavy atom. The first-order chi connectivity index (χ1) is 11.9. The predicted octanol–water partition coefficient (Wildman–Crippen LogP) is 0.983. The van der Waals surface area contributed by atoms with Crippen molar-refractivity contribution in [3.05, 3.63) is 79.3 Å². The fourth-order valence-electron chi connectivity index (χ4n) is 3.44. The van der Waals surface area contributed by atoms with E-state index in [1.807, 2.05) is 0 Å². The summed E-state index contributed by atoms with van der Waals surface area (Å²) >= 11 is 0. The third kappa shape index (κ3) is 1.71. The largest absolute Gasteiger partial charge is 0.435 e. The number of rotatable bonds is 1. The maximum absolute atomic E-state index is 12.9. The number of ether oxygens (including phenoxy) is 1. The number of nitrogens with two attached hydrogens (primary N) is 1. The molecule has 2 aromatic rings. The van der Waals surface area contributed by atoms with Gasteiger partial charge in [0.25, 0.3) is 11.8 Å². The number of benzene rings is 1. The Morgan fingerprint density at radius 2 is 2.00 bits per heavy atom. The smallest absolute Gasteiger partial charge is 0.344 e. The number of anilines is 1. The Balaban J connectivity index is 2.22. The third-order valence-electron chi connectivity index (χ3n) is 4.32. The summed E-state index contributed by atoms with van der Waals surface area (Å²) in [4.78, 5) is 36.4. The highest BCUT2D eigenvalue weighted by Gasteiger charge is 2.64. The van der Waals surface area contributed by atoms with E-state index in [0.717, 1.165) is 0 Å². The molecule has 9 heteroatoms. The van der Waals surface area contributed by atoms with Crippen molar-refractivity contribution >= 4 is 11.6 Å². The molecule has 126 valence electrons. The lowest BCUT2D eigenvalue weighted by Gasteiger charge is -2.29. The topological polar surface area (TPSA) is 138 Å². The lowest BCUT2D eigenvalue weighted by atomic mass is 9.72. The second kappa shape index (κ2) is 4.69. The van der Waals surface area contributed by atoms with Crippen molar-refractivity contribution < 1.29 is 18.9 Å². The molecule has 9 nitrogen and oxygen atoms in total. The van der Waals surface area contributed by atoms with Crippen LogP contribution in [0.5, 0.6) is 5.75 Å². The Labute approximate surface area is 139 Å². The summed E-state index contributed by atoms with van der Waals surface area (Å²) < 4.78 is 10.4. The van der Waals surface area contributed by atoms with Crippen LogP contribution in [0.4, 0.5) is 5.69 Å². The summed E-state index contributed by atoms with van der Waals surface area (Å²) in [6.07, 6.45) is 0. The second-order valence-corrected chi connectivity index (χ2v) is 5.71. The van der Waals surface area contributed by atoms with Gasteiger partial charge in [-0.3, -0.25) is 14.9 Å². The molecule has 1 amide bonds. The van der Waals surface area contributed by atoms with E-state index in [0.29, 0.717) is 5.69 Å². The number of carbonyl (C=O) groups is 1. The van der Waals surface area contributed by atoms with Gasteiger partial charge in [-0.2, -0.15) is 0 Å². The Hall–Kier alpha value is -3.62. The van der Waals surface area contributed by atoms with E-state index in [9.17, 15) is 19.7 Å². The van der Waals surface area contributed by atoms with E-state index < -0.39 is 33.5 Å². The van der Waals surface area contributed by atoms with Crippen molar-refractivity contribution in [2.45, 2.75) is 12.3 Å². The van der Waals surface area contributed by atoms with E-state index >= 15 is 0 Å². The first kappa shape index (κ1) is 14.9. The van der Waals surface area contributed by atoms with E-state index in [2.05, 4.69) is 5.32 Å². The van der Waals surface area contributed by atoms with Gasteiger partial charge in [-0.05, 0) is 13.0 Å². The maximum Gasteiger partial charge on any atom is 0.344 e. The van der Waals surface area contributed by atoms with Crippen LogP contribution in [0.2, 0.25) is 0 Å². The highest BCUT2D eigenvalue weighted by molar-refractivity contribution is 6.11. The molecule has 1 atom stereocenters. The summed E-state index contributed by atoms with van der Waals surface area (Å²) in [5.41, 5.74) is 2.47. The standard InChI is InChI=1S/C16H11N3O6/c1-7-6-10-11(14(20)24-7)16(12(19(22)23)13(17)25-10)8-4-2-3-5-9(8)18-15(16)21/h2-6H,17H2,1H3,(H,18,21). The minimum absolute atomic E-state index is 0.0382. The number of hydrogen-bond acceptors (Lipinski definition) is 7. The van der Waals surface area contributed by atoms with Gasteiger partial charge in [0.15, 0.2) is 0 Å². The van der Waals surface area contributed by atoms with Crippen molar-refractivity contribution in [2.24, 2.45) is 5.73 Å². The zero-order valence-corrected chi connectivity index (χ0v) is 12.9. The molecule has 1 aromatic carbocycles. The van der Waals surface area contributed by atoms with Crippen LogP contribution in [0.1, 0.15) is 16.9 Å². The van der Waals surface area contributed by atoms with Gasteiger partial charge in [-0.25, -0.2) is 4.79 Å². The summed E-state index contributed by atoms with van der Waals surface area (Å²) in [5, 5.41) is 14.3. The molecule has 1 aromatic heterocycles. The van der Waals surface area contributed by atoms with Crippen molar-refractivity contribution in [1.82, 2.24) is 0 Å². The number of nitro groups is 1. The number of nitrogens with zero attached hydrogens (tertiary/aromatic N) is 1. The van der Waals surface area contributed by atoms with Gasteiger partial charge in [-0.1, -0.05) is 18.2 Å². The van der Waals surface area contributed by atoms with Gasteiger partial charge in [0.05, 0.1) is 4.92 Å². The van der Waals surface area contributed by atoms with Gasteiger partial charge >= 0.3 is 11.3 Å². The van der Waals surface area contributed by atoms with Gasteiger partial charge in [0.2, 0.25) is 5.41 Å². The molecule has 1 unspecified atom stereocenters. The molecule has 0 bridgehead atoms. The number of aryl methyl sites for hydroxylation is 1. The fourth-order valence-corrected chi connectivity index (χ4v) is 3.44. The molecule has 0 aliphatic carbocycles. The normalized spacial score (nSPS) is 20.8. The molecule has 1 spiro atoms. The van der Waals surface area contributed by atoms with Crippen LogP contribution >= 0.6 is 0 Å². The molecule has 0 saturated heterocycles. The van der Waals surface area contributed by atoms with Crippen molar-refractivity contribution in [3.8, 4) is 5.75 Å². The first-order valence-corrected chi connectivity index (χ1v) is 7.26. The molecule has 2 aliphatic heterocycles. The number of amides is 1. The minimum atomic E-state index is -2.04. The van der Waals surface area contributed by atoms with E-state index in [1.54, 1.807) is 18.2 Å². The zero-order chi connectivity index (χ0) is 17.9. The minimum Gasteiger partial charge on any atom is -0.435 e. The molecule has 3 N–H and O–H groups in total.